The smallest absolute Gasteiger partial charge is 0.262 e. The Hall–Kier alpha value is -2.24. The number of hydrogen-bond donors (Lipinski definition) is 1. The molecule has 0 saturated heterocycles. The Balaban J connectivity index is 1.62. The van der Waals surface area contributed by atoms with Crippen LogP contribution in [0.3, 0.4) is 0 Å². The van der Waals surface area contributed by atoms with E-state index in [1.807, 2.05) is 19.1 Å². The molecule has 2 aromatic carbocycles. The topological polar surface area (TPSA) is 58.6 Å². The first-order valence-corrected chi connectivity index (χ1v) is 8.54. The Morgan fingerprint density at radius 3 is 2.76 bits per heavy atom. The molecule has 0 bridgehead atoms. The molecule has 0 aromatic heterocycles. The molecule has 1 heterocycles. The largest absolute Gasteiger partial charge is 0.482 e. The molecule has 0 atom stereocenters. The lowest BCUT2D eigenvalue weighted by Gasteiger charge is -2.15. The number of fused-ring (bicyclic) bond motifs is 1. The number of benzene rings is 2. The number of nitrogens with one attached hydrogen (secondary N) is 1. The number of nitrogens with zero attached hydrogens (tertiary/aromatic N) is 1. The van der Waals surface area contributed by atoms with E-state index in [0.717, 1.165) is 11.3 Å². The summed E-state index contributed by atoms with van der Waals surface area (Å²) in [4.78, 5) is 25.7. The number of carbonyl (C=O) groups is 2. The average Bonchev–Trinajstić information content (AvgIpc) is 2.88. The lowest BCUT2D eigenvalue weighted by atomic mass is 10.1. The van der Waals surface area contributed by atoms with E-state index in [1.165, 1.54) is 0 Å². The Kier molecular flexibility index (Phi) is 5.16. The van der Waals surface area contributed by atoms with Crippen LogP contribution in [0, 0.1) is 0 Å². The van der Waals surface area contributed by atoms with Gasteiger partial charge in [0.25, 0.3) is 5.91 Å². The molecule has 3 rings (SSSR count). The minimum Gasteiger partial charge on any atom is -0.482 e. The van der Waals surface area contributed by atoms with Crippen LogP contribution < -0.4 is 15.0 Å². The van der Waals surface area contributed by atoms with Gasteiger partial charge in [-0.1, -0.05) is 23.2 Å². The van der Waals surface area contributed by atoms with Crippen molar-refractivity contribution in [3.8, 4) is 5.75 Å². The van der Waals surface area contributed by atoms with Crippen LogP contribution in [0.1, 0.15) is 12.5 Å². The number of halogens is 2. The third kappa shape index (κ3) is 3.89. The van der Waals surface area contributed by atoms with Gasteiger partial charge in [0.2, 0.25) is 5.91 Å². The van der Waals surface area contributed by atoms with E-state index in [9.17, 15) is 9.59 Å². The lowest BCUT2D eigenvalue weighted by molar-refractivity contribution is -0.118. The number of carbonyl (C=O) groups excluding carboxylic acids is 2. The highest BCUT2D eigenvalue weighted by Gasteiger charge is 2.26. The van der Waals surface area contributed by atoms with E-state index >= 15 is 0 Å². The number of hydrogen-bond acceptors (Lipinski definition) is 3. The third-order valence-corrected chi connectivity index (χ3v) is 4.40. The molecule has 5 nitrogen and oxygen atoms in total. The first-order valence-electron chi connectivity index (χ1n) is 7.79. The van der Waals surface area contributed by atoms with Gasteiger partial charge in [-0.05, 0) is 48.9 Å². The molecule has 1 aliphatic heterocycles. The second kappa shape index (κ2) is 7.33. The summed E-state index contributed by atoms with van der Waals surface area (Å²) in [5.74, 6) is 0.142. The third-order valence-electron chi connectivity index (χ3n) is 3.87. The van der Waals surface area contributed by atoms with Gasteiger partial charge in [-0.2, -0.15) is 0 Å². The van der Waals surface area contributed by atoms with Crippen molar-refractivity contribution >= 4 is 46.4 Å². The first kappa shape index (κ1) is 17.6. The molecule has 1 aliphatic rings. The van der Waals surface area contributed by atoms with Crippen molar-refractivity contribution in [3.63, 3.8) is 0 Å². The predicted molar refractivity (Wildman–Crippen MR) is 98.8 cm³/mol. The molecule has 25 heavy (non-hydrogen) atoms. The molecule has 2 amide bonds. The summed E-state index contributed by atoms with van der Waals surface area (Å²) < 4.78 is 5.40. The molecular formula is C18H16Cl2N2O3. The van der Waals surface area contributed by atoms with Crippen molar-refractivity contribution in [2.24, 2.45) is 0 Å². The van der Waals surface area contributed by atoms with Crippen LogP contribution in [0.15, 0.2) is 36.4 Å². The van der Waals surface area contributed by atoms with E-state index in [2.05, 4.69) is 5.32 Å². The number of amides is 2. The predicted octanol–water partition coefficient (Wildman–Crippen LogP) is 3.92. The zero-order valence-electron chi connectivity index (χ0n) is 13.5. The van der Waals surface area contributed by atoms with E-state index in [1.54, 1.807) is 29.2 Å². The maximum atomic E-state index is 12.1. The van der Waals surface area contributed by atoms with Crippen LogP contribution in [0.2, 0.25) is 10.0 Å². The first-order chi connectivity index (χ1) is 12.0. The normalized spacial score (nSPS) is 12.9. The molecule has 7 heteroatoms. The standard InChI is InChI=1S/C18H16Cl2N2O3/c1-2-22-15-5-4-13(7-11(15)8-18(22)24)21-17(23)10-25-16-6-3-12(19)9-14(16)20/h3-7,9H,2,8,10H2,1H3,(H,21,23). The summed E-state index contributed by atoms with van der Waals surface area (Å²) >= 11 is 11.8. The van der Waals surface area contributed by atoms with Gasteiger partial charge >= 0.3 is 0 Å². The minimum absolute atomic E-state index is 0.0710. The van der Waals surface area contributed by atoms with Crippen LogP contribution in [0.5, 0.6) is 5.75 Å². The Morgan fingerprint density at radius 2 is 2.04 bits per heavy atom. The summed E-state index contributed by atoms with van der Waals surface area (Å²) in [6.07, 6.45) is 0.351. The molecule has 1 N–H and O–H groups in total. The second-order valence-corrected chi connectivity index (χ2v) is 6.41. The number of ether oxygens (including phenoxy) is 1. The monoisotopic (exact) mass is 378 g/mol. The molecular weight excluding hydrogens is 363 g/mol. The number of likely N-dealkylation sites (N-methyl/N-ethyl adjacent to an activating group) is 1. The van der Waals surface area contributed by atoms with Gasteiger partial charge in [-0.3, -0.25) is 9.59 Å². The molecule has 130 valence electrons. The van der Waals surface area contributed by atoms with Crippen molar-refractivity contribution in [1.29, 1.82) is 0 Å². The van der Waals surface area contributed by atoms with Gasteiger partial charge in [0.1, 0.15) is 5.75 Å². The fraction of sp³-hybridized carbons (Fsp3) is 0.222. The van der Waals surface area contributed by atoms with Crippen molar-refractivity contribution in [2.75, 3.05) is 23.4 Å². The molecule has 0 radical (unpaired) electrons. The van der Waals surface area contributed by atoms with Gasteiger partial charge in [0.15, 0.2) is 6.61 Å². The van der Waals surface area contributed by atoms with Crippen LogP contribution in [0.4, 0.5) is 11.4 Å². The highest BCUT2D eigenvalue weighted by molar-refractivity contribution is 6.35. The molecule has 0 saturated carbocycles. The van der Waals surface area contributed by atoms with Crippen LogP contribution >= 0.6 is 23.2 Å². The SMILES string of the molecule is CCN1C(=O)Cc2cc(NC(=O)COc3ccc(Cl)cc3Cl)ccc21. The van der Waals surface area contributed by atoms with E-state index in [0.29, 0.717) is 34.4 Å². The summed E-state index contributed by atoms with van der Waals surface area (Å²) in [5, 5.41) is 3.60. The Labute approximate surface area is 155 Å². The molecule has 0 aliphatic carbocycles. The molecule has 0 fully saturated rings. The Bertz CT molecular complexity index is 839. The van der Waals surface area contributed by atoms with Crippen LogP contribution in [0.25, 0.3) is 0 Å². The highest BCUT2D eigenvalue weighted by atomic mass is 35.5. The van der Waals surface area contributed by atoms with Crippen molar-refractivity contribution in [1.82, 2.24) is 0 Å². The minimum atomic E-state index is -0.317. The van der Waals surface area contributed by atoms with Crippen LogP contribution in [-0.2, 0) is 16.0 Å². The molecule has 0 spiro atoms. The van der Waals surface area contributed by atoms with E-state index in [4.69, 9.17) is 27.9 Å². The second-order valence-electron chi connectivity index (χ2n) is 5.57. The van der Waals surface area contributed by atoms with Gasteiger partial charge < -0.3 is 15.0 Å². The lowest BCUT2D eigenvalue weighted by Crippen LogP contribution is -2.25. The van der Waals surface area contributed by atoms with Gasteiger partial charge in [-0.15, -0.1) is 0 Å². The fourth-order valence-corrected chi connectivity index (χ4v) is 3.20. The summed E-state index contributed by atoms with van der Waals surface area (Å²) in [5.41, 5.74) is 2.43. The highest BCUT2D eigenvalue weighted by Crippen LogP contribution is 2.31. The summed E-state index contributed by atoms with van der Waals surface area (Å²) in [7, 11) is 0. The van der Waals surface area contributed by atoms with Crippen molar-refractivity contribution < 1.29 is 14.3 Å². The fourth-order valence-electron chi connectivity index (χ4n) is 2.74. The summed E-state index contributed by atoms with van der Waals surface area (Å²) in [6.45, 7) is 2.38. The molecule has 0 unspecified atom stereocenters. The zero-order chi connectivity index (χ0) is 18.0. The maximum Gasteiger partial charge on any atom is 0.262 e. The van der Waals surface area contributed by atoms with Gasteiger partial charge in [0, 0.05) is 22.9 Å². The van der Waals surface area contributed by atoms with Gasteiger partial charge in [0.05, 0.1) is 11.4 Å². The maximum absolute atomic E-state index is 12.1. The number of anilines is 2. The van der Waals surface area contributed by atoms with Crippen molar-refractivity contribution in [3.05, 3.63) is 52.0 Å². The summed E-state index contributed by atoms with van der Waals surface area (Å²) in [6, 6.07) is 10.2. The zero-order valence-corrected chi connectivity index (χ0v) is 15.0. The quantitative estimate of drug-likeness (QED) is 0.857. The van der Waals surface area contributed by atoms with E-state index < -0.39 is 0 Å². The van der Waals surface area contributed by atoms with E-state index in [-0.39, 0.29) is 18.4 Å². The average molecular weight is 379 g/mol. The van der Waals surface area contributed by atoms with Crippen molar-refractivity contribution in [2.45, 2.75) is 13.3 Å². The van der Waals surface area contributed by atoms with Crippen LogP contribution in [-0.4, -0.2) is 25.0 Å². The Morgan fingerprint density at radius 1 is 1.24 bits per heavy atom. The molecule has 2 aromatic rings. The number of rotatable bonds is 5. The van der Waals surface area contributed by atoms with Gasteiger partial charge in [-0.25, -0.2) is 0 Å².